The third-order valence-corrected chi connectivity index (χ3v) is 4.77. The first-order valence-corrected chi connectivity index (χ1v) is 11.1. The Hall–Kier alpha value is -2.57. The van der Waals surface area contributed by atoms with Crippen molar-refractivity contribution < 1.29 is 19.1 Å². The summed E-state index contributed by atoms with van der Waals surface area (Å²) in [5, 5.41) is 5.50. The van der Waals surface area contributed by atoms with Crippen LogP contribution in [0.1, 0.15) is 76.6 Å². The number of alkyl carbamates (subject to hydrolysis) is 1. The van der Waals surface area contributed by atoms with Gasteiger partial charge in [0.15, 0.2) is 0 Å². The van der Waals surface area contributed by atoms with Crippen molar-refractivity contribution in [1.29, 1.82) is 0 Å². The van der Waals surface area contributed by atoms with Gasteiger partial charge in [-0.05, 0) is 64.2 Å². The highest BCUT2D eigenvalue weighted by atomic mass is 16.6. The maximum atomic E-state index is 13.3. The summed E-state index contributed by atoms with van der Waals surface area (Å²) in [7, 11) is 0. The molecule has 1 rings (SSSR count). The molecule has 0 aliphatic heterocycles. The molecule has 2 N–H and O–H groups in total. The summed E-state index contributed by atoms with van der Waals surface area (Å²) in [4.78, 5) is 40.0. The molecule has 1 aromatic rings. The third kappa shape index (κ3) is 8.59. The number of benzene rings is 1. The lowest BCUT2D eigenvalue weighted by molar-refractivity contribution is -0.140. The van der Waals surface area contributed by atoms with Crippen LogP contribution in [-0.4, -0.2) is 48.0 Å². The largest absolute Gasteiger partial charge is 0.444 e. The van der Waals surface area contributed by atoms with E-state index in [9.17, 15) is 14.4 Å². The normalized spacial score (nSPS) is 12.1. The van der Waals surface area contributed by atoms with E-state index < -0.39 is 17.7 Å². The molecule has 7 heteroatoms. The fourth-order valence-corrected chi connectivity index (χ4v) is 3.37. The van der Waals surface area contributed by atoms with Crippen LogP contribution < -0.4 is 10.6 Å². The van der Waals surface area contributed by atoms with E-state index >= 15 is 0 Å². The zero-order valence-corrected chi connectivity index (χ0v) is 20.1. The Morgan fingerprint density at radius 3 is 2.16 bits per heavy atom. The van der Waals surface area contributed by atoms with Crippen LogP contribution in [0.15, 0.2) is 18.2 Å². The molecule has 0 saturated heterocycles. The maximum absolute atomic E-state index is 13.3. The van der Waals surface area contributed by atoms with Crippen LogP contribution in [0, 0.1) is 13.8 Å². The van der Waals surface area contributed by atoms with Crippen LogP contribution in [0.25, 0.3) is 0 Å². The third-order valence-electron chi connectivity index (χ3n) is 4.77. The second-order valence-electron chi connectivity index (χ2n) is 8.80. The molecule has 3 amide bonds. The van der Waals surface area contributed by atoms with Crippen LogP contribution in [-0.2, 0) is 14.3 Å². The van der Waals surface area contributed by atoms with Gasteiger partial charge in [-0.1, -0.05) is 38.5 Å². The molecular formula is C24H39N3O4. The molecule has 0 heterocycles. The summed E-state index contributed by atoms with van der Waals surface area (Å²) in [6, 6.07) is 5.08. The van der Waals surface area contributed by atoms with E-state index in [4.69, 9.17) is 4.74 Å². The molecule has 0 aliphatic rings. The lowest BCUT2D eigenvalue weighted by atomic mass is 9.94. The number of rotatable bonds is 10. The van der Waals surface area contributed by atoms with Crippen molar-refractivity contribution in [2.24, 2.45) is 0 Å². The number of hydrogen-bond donors (Lipinski definition) is 2. The Bertz CT molecular complexity index is 735. The summed E-state index contributed by atoms with van der Waals surface area (Å²) in [5.41, 5.74) is 2.07. The molecule has 1 aromatic carbocycles. The topological polar surface area (TPSA) is 87.7 Å². The molecule has 0 spiro atoms. The number of nitrogens with zero attached hydrogens (tertiary/aromatic N) is 1. The highest BCUT2D eigenvalue weighted by Crippen LogP contribution is 2.28. The number of carbonyl (C=O) groups excluding carboxylic acids is 3. The molecule has 0 aromatic heterocycles. The first kappa shape index (κ1) is 26.5. The average molecular weight is 434 g/mol. The number of amides is 3. The van der Waals surface area contributed by atoms with Gasteiger partial charge in [0.25, 0.3) is 0 Å². The predicted molar refractivity (Wildman–Crippen MR) is 123 cm³/mol. The zero-order valence-electron chi connectivity index (χ0n) is 20.1. The minimum Gasteiger partial charge on any atom is -0.444 e. The Morgan fingerprint density at radius 2 is 1.65 bits per heavy atom. The zero-order chi connectivity index (χ0) is 23.6. The van der Waals surface area contributed by atoms with Crippen LogP contribution >= 0.6 is 0 Å². The highest BCUT2D eigenvalue weighted by Gasteiger charge is 2.33. The smallest absolute Gasteiger partial charge is 0.408 e. The van der Waals surface area contributed by atoms with Crippen LogP contribution in [0.3, 0.4) is 0 Å². The Morgan fingerprint density at radius 1 is 1.03 bits per heavy atom. The van der Waals surface area contributed by atoms with Crippen molar-refractivity contribution >= 4 is 17.9 Å². The average Bonchev–Trinajstić information content (AvgIpc) is 2.66. The number of aryl methyl sites for hydroxylation is 2. The Labute approximate surface area is 186 Å². The lowest BCUT2D eigenvalue weighted by Crippen LogP contribution is -2.48. The fraction of sp³-hybridized carbons (Fsp3) is 0.625. The van der Waals surface area contributed by atoms with E-state index in [1.165, 1.54) is 0 Å². The molecule has 1 unspecified atom stereocenters. The van der Waals surface area contributed by atoms with Gasteiger partial charge >= 0.3 is 6.09 Å². The van der Waals surface area contributed by atoms with Crippen molar-refractivity contribution in [3.63, 3.8) is 0 Å². The molecule has 0 radical (unpaired) electrons. The van der Waals surface area contributed by atoms with E-state index in [-0.39, 0.29) is 18.4 Å². The van der Waals surface area contributed by atoms with Gasteiger partial charge in [0, 0.05) is 13.1 Å². The SMILES string of the molecule is CCCCNC(=O)C(c1c(C)cccc1C)N(CCC)C(=O)CNC(=O)OC(C)(C)C. The molecule has 7 nitrogen and oxygen atoms in total. The monoisotopic (exact) mass is 433 g/mol. The Kier molecular flexibility index (Phi) is 10.5. The van der Waals surface area contributed by atoms with Crippen LogP contribution in [0.4, 0.5) is 4.79 Å². The van der Waals surface area contributed by atoms with Gasteiger partial charge in [-0.25, -0.2) is 4.79 Å². The molecule has 174 valence electrons. The highest BCUT2D eigenvalue weighted by molar-refractivity contribution is 5.91. The fourth-order valence-electron chi connectivity index (χ4n) is 3.37. The van der Waals surface area contributed by atoms with Crippen molar-refractivity contribution in [2.75, 3.05) is 19.6 Å². The van der Waals surface area contributed by atoms with Crippen molar-refractivity contribution in [3.05, 3.63) is 34.9 Å². The van der Waals surface area contributed by atoms with Gasteiger partial charge in [-0.2, -0.15) is 0 Å². The van der Waals surface area contributed by atoms with Crippen molar-refractivity contribution in [1.82, 2.24) is 15.5 Å². The van der Waals surface area contributed by atoms with Gasteiger partial charge in [-0.3, -0.25) is 9.59 Å². The summed E-state index contributed by atoms with van der Waals surface area (Å²) < 4.78 is 5.22. The van der Waals surface area contributed by atoms with Crippen LogP contribution in [0.5, 0.6) is 0 Å². The molecule has 0 saturated carbocycles. The van der Waals surface area contributed by atoms with Crippen LogP contribution in [0.2, 0.25) is 0 Å². The number of hydrogen-bond acceptors (Lipinski definition) is 4. The van der Waals surface area contributed by atoms with Gasteiger partial charge in [0.05, 0.1) is 0 Å². The van der Waals surface area contributed by atoms with E-state index in [2.05, 4.69) is 17.6 Å². The molecule has 31 heavy (non-hydrogen) atoms. The second kappa shape index (κ2) is 12.3. The number of unbranched alkanes of at least 4 members (excludes halogenated alkanes) is 1. The summed E-state index contributed by atoms with van der Waals surface area (Å²) in [6.45, 7) is 13.9. The number of carbonyl (C=O) groups is 3. The van der Waals surface area contributed by atoms with Gasteiger partial charge < -0.3 is 20.3 Å². The molecule has 0 aliphatic carbocycles. The molecule has 1 atom stereocenters. The second-order valence-corrected chi connectivity index (χ2v) is 8.80. The van der Waals surface area contributed by atoms with E-state index in [0.717, 1.165) is 29.5 Å². The number of nitrogens with one attached hydrogen (secondary N) is 2. The van der Waals surface area contributed by atoms with E-state index in [1.807, 2.05) is 39.0 Å². The summed E-state index contributed by atoms with van der Waals surface area (Å²) in [6.07, 6.45) is 1.86. The first-order valence-electron chi connectivity index (χ1n) is 11.1. The lowest BCUT2D eigenvalue weighted by Gasteiger charge is -2.33. The molecule has 0 fully saturated rings. The van der Waals surface area contributed by atoms with E-state index in [1.54, 1.807) is 25.7 Å². The summed E-state index contributed by atoms with van der Waals surface area (Å²) in [5.74, 6) is -0.532. The van der Waals surface area contributed by atoms with Crippen molar-refractivity contribution in [2.45, 2.75) is 79.4 Å². The van der Waals surface area contributed by atoms with E-state index in [0.29, 0.717) is 19.5 Å². The van der Waals surface area contributed by atoms with Gasteiger partial charge in [-0.15, -0.1) is 0 Å². The quantitative estimate of drug-likeness (QED) is 0.546. The summed E-state index contributed by atoms with van der Waals surface area (Å²) >= 11 is 0. The van der Waals surface area contributed by atoms with Gasteiger partial charge in [0.2, 0.25) is 11.8 Å². The first-order chi connectivity index (χ1) is 14.5. The minimum atomic E-state index is -0.758. The molecule has 0 bridgehead atoms. The number of ether oxygens (including phenoxy) is 1. The maximum Gasteiger partial charge on any atom is 0.408 e. The standard InChI is InChI=1S/C24H39N3O4/c1-8-10-14-25-22(29)21(20-17(3)12-11-13-18(20)4)27(15-9-2)19(28)16-26-23(30)31-24(5,6)7/h11-13,21H,8-10,14-16H2,1-7H3,(H,25,29)(H,26,30). The van der Waals surface area contributed by atoms with Gasteiger partial charge in [0.1, 0.15) is 18.2 Å². The predicted octanol–water partition coefficient (Wildman–Crippen LogP) is 4.02. The minimum absolute atomic E-state index is 0.204. The van der Waals surface area contributed by atoms with Crippen molar-refractivity contribution in [3.8, 4) is 0 Å². The Balaban J connectivity index is 3.18. The molecular weight excluding hydrogens is 394 g/mol.